The molecular formula is C18H27NO3. The number of hydrogen-bond donors (Lipinski definition) is 1. The van der Waals surface area contributed by atoms with Crippen LogP contribution >= 0.6 is 0 Å². The second-order valence-electron chi connectivity index (χ2n) is 6.36. The molecule has 0 bridgehead atoms. The normalized spacial score (nSPS) is 17.3. The maximum absolute atomic E-state index is 12.9. The van der Waals surface area contributed by atoms with Gasteiger partial charge in [0.2, 0.25) is 5.91 Å². The fraction of sp³-hybridized carbons (Fsp3) is 0.611. The molecule has 0 radical (unpaired) electrons. The summed E-state index contributed by atoms with van der Waals surface area (Å²) in [5, 5.41) is 3.13. The van der Waals surface area contributed by atoms with E-state index in [-0.39, 0.29) is 5.91 Å². The maximum atomic E-state index is 12.9. The third-order valence-corrected chi connectivity index (χ3v) is 4.43. The Kier molecular flexibility index (Phi) is 5.83. The third kappa shape index (κ3) is 3.80. The van der Waals surface area contributed by atoms with E-state index in [2.05, 4.69) is 19.2 Å². The minimum Gasteiger partial charge on any atom is -0.497 e. The molecule has 1 fully saturated rings. The van der Waals surface area contributed by atoms with Gasteiger partial charge in [-0.1, -0.05) is 26.0 Å². The quantitative estimate of drug-likeness (QED) is 0.879. The first kappa shape index (κ1) is 16.8. The Balaban J connectivity index is 2.17. The third-order valence-electron chi connectivity index (χ3n) is 4.43. The first-order valence-corrected chi connectivity index (χ1v) is 8.09. The molecule has 0 saturated carbocycles. The van der Waals surface area contributed by atoms with Crippen LogP contribution in [-0.2, 0) is 14.9 Å². The molecule has 0 aromatic heterocycles. The van der Waals surface area contributed by atoms with Gasteiger partial charge in [-0.25, -0.2) is 0 Å². The highest BCUT2D eigenvalue weighted by molar-refractivity contribution is 5.88. The molecule has 0 unspecified atom stereocenters. The summed E-state index contributed by atoms with van der Waals surface area (Å²) < 4.78 is 10.7. The predicted molar refractivity (Wildman–Crippen MR) is 87.2 cm³/mol. The number of amides is 1. The molecule has 1 heterocycles. The van der Waals surface area contributed by atoms with Gasteiger partial charge in [0, 0.05) is 19.8 Å². The molecule has 4 heteroatoms. The number of benzene rings is 1. The zero-order chi connectivity index (χ0) is 16.0. The molecule has 0 spiro atoms. The highest BCUT2D eigenvalue weighted by Gasteiger charge is 2.41. The molecule has 4 nitrogen and oxygen atoms in total. The minimum absolute atomic E-state index is 0.126. The largest absolute Gasteiger partial charge is 0.497 e. The Bertz CT molecular complexity index is 476. The molecule has 1 aliphatic rings. The van der Waals surface area contributed by atoms with Crippen molar-refractivity contribution in [1.82, 2.24) is 5.32 Å². The molecule has 1 aromatic carbocycles. The van der Waals surface area contributed by atoms with Crippen molar-refractivity contribution in [2.24, 2.45) is 5.92 Å². The summed E-state index contributed by atoms with van der Waals surface area (Å²) in [6.07, 6.45) is 2.46. The Hall–Kier alpha value is -1.55. The summed E-state index contributed by atoms with van der Waals surface area (Å²) in [4.78, 5) is 12.9. The average Bonchev–Trinajstić information content (AvgIpc) is 2.55. The van der Waals surface area contributed by atoms with Crippen LogP contribution in [0.4, 0.5) is 0 Å². The number of methoxy groups -OCH3 is 1. The molecule has 1 saturated heterocycles. The summed E-state index contributed by atoms with van der Waals surface area (Å²) in [6.45, 7) is 6.32. The van der Waals surface area contributed by atoms with Gasteiger partial charge in [0.25, 0.3) is 0 Å². The molecule has 122 valence electrons. The summed E-state index contributed by atoms with van der Waals surface area (Å²) >= 11 is 0. The van der Waals surface area contributed by atoms with Gasteiger partial charge in [0.05, 0.1) is 12.5 Å². The number of hydrogen-bond acceptors (Lipinski definition) is 3. The number of ether oxygens (including phenoxy) is 2. The van der Waals surface area contributed by atoms with Crippen LogP contribution in [-0.4, -0.2) is 32.8 Å². The second kappa shape index (κ2) is 7.63. The molecule has 1 aliphatic heterocycles. The fourth-order valence-electron chi connectivity index (χ4n) is 2.92. The van der Waals surface area contributed by atoms with E-state index in [1.807, 2.05) is 24.3 Å². The van der Waals surface area contributed by atoms with Crippen molar-refractivity contribution in [3.8, 4) is 5.75 Å². The van der Waals surface area contributed by atoms with Crippen molar-refractivity contribution in [3.63, 3.8) is 0 Å². The summed E-state index contributed by atoms with van der Waals surface area (Å²) in [7, 11) is 1.65. The lowest BCUT2D eigenvalue weighted by Gasteiger charge is -2.36. The number of rotatable bonds is 6. The smallest absolute Gasteiger partial charge is 0.230 e. The monoisotopic (exact) mass is 305 g/mol. The van der Waals surface area contributed by atoms with E-state index in [0.717, 1.165) is 37.1 Å². The van der Waals surface area contributed by atoms with Crippen molar-refractivity contribution < 1.29 is 14.3 Å². The summed E-state index contributed by atoms with van der Waals surface area (Å²) in [5.41, 5.74) is 0.584. The predicted octanol–water partition coefficient (Wildman–Crippen LogP) is 2.91. The van der Waals surface area contributed by atoms with Crippen LogP contribution in [0.25, 0.3) is 0 Å². The van der Waals surface area contributed by atoms with Crippen molar-refractivity contribution >= 4 is 5.91 Å². The van der Waals surface area contributed by atoms with E-state index >= 15 is 0 Å². The maximum Gasteiger partial charge on any atom is 0.230 e. The fourth-order valence-corrected chi connectivity index (χ4v) is 2.92. The molecule has 1 aromatic rings. The van der Waals surface area contributed by atoms with Gasteiger partial charge >= 0.3 is 0 Å². The van der Waals surface area contributed by atoms with E-state index < -0.39 is 5.41 Å². The zero-order valence-electron chi connectivity index (χ0n) is 13.9. The lowest BCUT2D eigenvalue weighted by atomic mass is 9.73. The molecule has 0 atom stereocenters. The second-order valence-corrected chi connectivity index (χ2v) is 6.36. The Morgan fingerprint density at radius 1 is 1.27 bits per heavy atom. The topological polar surface area (TPSA) is 47.6 Å². The molecule has 1 amide bonds. The first-order chi connectivity index (χ1) is 10.6. The standard InChI is InChI=1S/C18H27NO3/c1-14(2)8-11-19-17(20)18(9-12-22-13-10-18)15-4-6-16(21-3)7-5-15/h4-7,14H,8-13H2,1-3H3,(H,19,20). The van der Waals surface area contributed by atoms with Crippen LogP contribution in [0, 0.1) is 5.92 Å². The van der Waals surface area contributed by atoms with Crippen molar-refractivity contribution in [3.05, 3.63) is 29.8 Å². The van der Waals surface area contributed by atoms with Crippen molar-refractivity contribution in [1.29, 1.82) is 0 Å². The SMILES string of the molecule is COc1ccc(C2(C(=O)NCCC(C)C)CCOCC2)cc1. The Labute approximate surface area is 133 Å². The Morgan fingerprint density at radius 2 is 1.91 bits per heavy atom. The van der Waals surface area contributed by atoms with Crippen LogP contribution in [0.5, 0.6) is 5.75 Å². The molecular weight excluding hydrogens is 278 g/mol. The van der Waals surface area contributed by atoms with Crippen molar-refractivity contribution in [2.45, 2.75) is 38.5 Å². The van der Waals surface area contributed by atoms with Gasteiger partial charge in [0.1, 0.15) is 5.75 Å². The van der Waals surface area contributed by atoms with Crippen LogP contribution in [0.3, 0.4) is 0 Å². The zero-order valence-corrected chi connectivity index (χ0v) is 13.9. The van der Waals surface area contributed by atoms with Crippen LogP contribution in [0.1, 0.15) is 38.7 Å². The Morgan fingerprint density at radius 3 is 2.45 bits per heavy atom. The highest BCUT2D eigenvalue weighted by atomic mass is 16.5. The molecule has 2 rings (SSSR count). The summed E-state index contributed by atoms with van der Waals surface area (Å²) in [5.74, 6) is 1.53. The van der Waals surface area contributed by atoms with Crippen LogP contribution < -0.4 is 10.1 Å². The van der Waals surface area contributed by atoms with Gasteiger partial charge in [0.15, 0.2) is 0 Å². The number of carbonyl (C=O) groups is 1. The number of carbonyl (C=O) groups excluding carboxylic acids is 1. The van der Waals surface area contributed by atoms with Crippen molar-refractivity contribution in [2.75, 3.05) is 26.9 Å². The van der Waals surface area contributed by atoms with E-state index in [4.69, 9.17) is 9.47 Å². The highest BCUT2D eigenvalue weighted by Crippen LogP contribution is 2.36. The van der Waals surface area contributed by atoms with Gasteiger partial charge in [-0.3, -0.25) is 4.79 Å². The minimum atomic E-state index is -0.471. The summed E-state index contributed by atoms with van der Waals surface area (Å²) in [6, 6.07) is 7.86. The first-order valence-electron chi connectivity index (χ1n) is 8.09. The van der Waals surface area contributed by atoms with Gasteiger partial charge in [-0.15, -0.1) is 0 Å². The molecule has 22 heavy (non-hydrogen) atoms. The van der Waals surface area contributed by atoms with Gasteiger partial charge in [-0.2, -0.15) is 0 Å². The van der Waals surface area contributed by atoms with E-state index in [0.29, 0.717) is 19.1 Å². The average molecular weight is 305 g/mol. The molecule has 0 aliphatic carbocycles. The van der Waals surface area contributed by atoms with Gasteiger partial charge < -0.3 is 14.8 Å². The number of nitrogens with one attached hydrogen (secondary N) is 1. The lowest BCUT2D eigenvalue weighted by Crippen LogP contribution is -2.48. The lowest BCUT2D eigenvalue weighted by molar-refractivity contribution is -0.130. The van der Waals surface area contributed by atoms with E-state index in [1.165, 1.54) is 0 Å². The van der Waals surface area contributed by atoms with Gasteiger partial charge in [-0.05, 0) is 42.9 Å². The molecule has 1 N–H and O–H groups in total. The van der Waals surface area contributed by atoms with E-state index in [9.17, 15) is 4.79 Å². The van der Waals surface area contributed by atoms with E-state index in [1.54, 1.807) is 7.11 Å². The van der Waals surface area contributed by atoms with Crippen LogP contribution in [0.15, 0.2) is 24.3 Å². The van der Waals surface area contributed by atoms with Crippen LogP contribution in [0.2, 0.25) is 0 Å².